The highest BCUT2D eigenvalue weighted by Crippen LogP contribution is 2.24. The molecule has 2 amide bonds. The van der Waals surface area contributed by atoms with E-state index in [9.17, 15) is 18.0 Å². The van der Waals surface area contributed by atoms with Gasteiger partial charge >= 0.3 is 0 Å². The van der Waals surface area contributed by atoms with Crippen molar-refractivity contribution in [2.24, 2.45) is 0 Å². The molecule has 2 fully saturated rings. The Morgan fingerprint density at radius 2 is 1.62 bits per heavy atom. The Kier molecular flexibility index (Phi) is 6.95. The van der Waals surface area contributed by atoms with Gasteiger partial charge in [0, 0.05) is 51.8 Å². The molecule has 1 heterocycles. The van der Waals surface area contributed by atoms with Crippen LogP contribution in [0.1, 0.15) is 55.8 Å². The molecule has 2 aliphatic rings. The average Bonchev–Trinajstić information content (AvgIpc) is 3.02. The fraction of sp³-hybridized carbons (Fsp3) is 0.619. The van der Waals surface area contributed by atoms with Gasteiger partial charge in [-0.2, -0.15) is 4.31 Å². The van der Waals surface area contributed by atoms with Gasteiger partial charge in [0.15, 0.2) is 0 Å². The van der Waals surface area contributed by atoms with Crippen LogP contribution in [0.15, 0.2) is 29.2 Å². The number of amides is 2. The molecule has 0 bridgehead atoms. The lowest BCUT2D eigenvalue weighted by Crippen LogP contribution is -2.49. The van der Waals surface area contributed by atoms with Gasteiger partial charge in [0.25, 0.3) is 5.91 Å². The van der Waals surface area contributed by atoms with E-state index in [4.69, 9.17) is 0 Å². The fourth-order valence-electron chi connectivity index (χ4n) is 4.20. The van der Waals surface area contributed by atoms with E-state index in [-0.39, 0.29) is 35.8 Å². The molecule has 1 aliphatic carbocycles. The standard InChI is InChI=1S/C21H31N3O4S/c1-17(25)23-12-14-24(15-13-23)29(27,28)20-11-7-8-18(16-20)21(26)22(2)19-9-5-3-4-6-10-19/h7-8,11,16,19H,3-6,9-10,12-15H2,1-2H3. The molecule has 0 N–H and O–H groups in total. The minimum atomic E-state index is -3.70. The minimum Gasteiger partial charge on any atom is -0.340 e. The zero-order valence-electron chi connectivity index (χ0n) is 17.3. The summed E-state index contributed by atoms with van der Waals surface area (Å²) in [5.74, 6) is -0.174. The van der Waals surface area contributed by atoms with Crippen molar-refractivity contribution < 1.29 is 18.0 Å². The Bertz CT molecular complexity index is 839. The average molecular weight is 422 g/mol. The minimum absolute atomic E-state index is 0.0452. The molecule has 160 valence electrons. The zero-order valence-corrected chi connectivity index (χ0v) is 18.2. The van der Waals surface area contributed by atoms with Crippen molar-refractivity contribution in [1.82, 2.24) is 14.1 Å². The number of rotatable bonds is 4. The van der Waals surface area contributed by atoms with E-state index in [1.807, 2.05) is 7.05 Å². The van der Waals surface area contributed by atoms with Crippen LogP contribution in [0.3, 0.4) is 0 Å². The van der Waals surface area contributed by atoms with Gasteiger partial charge in [0.2, 0.25) is 15.9 Å². The number of piperazine rings is 1. The molecule has 0 spiro atoms. The van der Waals surface area contributed by atoms with Gasteiger partial charge in [-0.3, -0.25) is 9.59 Å². The Labute approximate surface area is 173 Å². The van der Waals surface area contributed by atoms with Gasteiger partial charge in [-0.25, -0.2) is 8.42 Å². The number of nitrogens with zero attached hydrogens (tertiary/aromatic N) is 3. The van der Waals surface area contributed by atoms with Gasteiger partial charge in [-0.15, -0.1) is 0 Å². The summed E-state index contributed by atoms with van der Waals surface area (Å²) < 4.78 is 27.5. The van der Waals surface area contributed by atoms with Crippen LogP contribution < -0.4 is 0 Å². The second-order valence-corrected chi connectivity index (χ2v) is 9.94. The third-order valence-electron chi connectivity index (χ3n) is 6.10. The van der Waals surface area contributed by atoms with E-state index in [2.05, 4.69) is 0 Å². The molecule has 1 aliphatic heterocycles. The SMILES string of the molecule is CC(=O)N1CCN(S(=O)(=O)c2cccc(C(=O)N(C)C3CCCCCC3)c2)CC1. The molecule has 0 atom stereocenters. The molecule has 1 aromatic rings. The second kappa shape index (κ2) is 9.26. The van der Waals surface area contributed by atoms with E-state index in [0.29, 0.717) is 18.7 Å². The van der Waals surface area contributed by atoms with Crippen LogP contribution in [0.4, 0.5) is 0 Å². The van der Waals surface area contributed by atoms with Crippen LogP contribution >= 0.6 is 0 Å². The third-order valence-corrected chi connectivity index (χ3v) is 7.99. The summed E-state index contributed by atoms with van der Waals surface area (Å²) in [7, 11) is -1.88. The molecule has 1 saturated carbocycles. The van der Waals surface area contributed by atoms with Crippen molar-refractivity contribution >= 4 is 21.8 Å². The quantitative estimate of drug-likeness (QED) is 0.699. The van der Waals surface area contributed by atoms with E-state index in [0.717, 1.165) is 25.7 Å². The van der Waals surface area contributed by atoms with E-state index < -0.39 is 10.0 Å². The molecule has 1 saturated heterocycles. The highest BCUT2D eigenvalue weighted by Gasteiger charge is 2.30. The van der Waals surface area contributed by atoms with Crippen molar-refractivity contribution in [2.75, 3.05) is 33.2 Å². The van der Waals surface area contributed by atoms with Crippen molar-refractivity contribution in [3.63, 3.8) is 0 Å². The summed E-state index contributed by atoms with van der Waals surface area (Å²) in [6.45, 7) is 2.80. The lowest BCUT2D eigenvalue weighted by atomic mass is 10.1. The maximum atomic E-state index is 13.1. The lowest BCUT2D eigenvalue weighted by Gasteiger charge is -2.33. The summed E-state index contributed by atoms with van der Waals surface area (Å²) in [5.41, 5.74) is 0.403. The Morgan fingerprint density at radius 3 is 2.21 bits per heavy atom. The van der Waals surface area contributed by atoms with Crippen LogP contribution in [-0.2, 0) is 14.8 Å². The maximum absolute atomic E-state index is 13.1. The maximum Gasteiger partial charge on any atom is 0.253 e. The molecule has 0 radical (unpaired) electrons. The number of hydrogen-bond acceptors (Lipinski definition) is 4. The number of hydrogen-bond donors (Lipinski definition) is 0. The Morgan fingerprint density at radius 1 is 1.00 bits per heavy atom. The summed E-state index contributed by atoms with van der Waals surface area (Å²) in [5, 5.41) is 0. The Balaban J connectivity index is 1.74. The third kappa shape index (κ3) is 4.98. The van der Waals surface area contributed by atoms with Gasteiger partial charge in [0.05, 0.1) is 4.90 Å². The molecular formula is C21H31N3O4S. The number of carbonyl (C=O) groups is 2. The van der Waals surface area contributed by atoms with E-state index in [1.54, 1.807) is 21.9 Å². The van der Waals surface area contributed by atoms with Crippen LogP contribution in [0, 0.1) is 0 Å². The summed E-state index contributed by atoms with van der Waals surface area (Å²) in [6, 6.07) is 6.55. The van der Waals surface area contributed by atoms with Gasteiger partial charge in [0.1, 0.15) is 0 Å². The zero-order chi connectivity index (χ0) is 21.0. The predicted molar refractivity (Wildman–Crippen MR) is 111 cm³/mol. The highest BCUT2D eigenvalue weighted by atomic mass is 32.2. The highest BCUT2D eigenvalue weighted by molar-refractivity contribution is 7.89. The topological polar surface area (TPSA) is 78.0 Å². The molecule has 0 aromatic heterocycles. The monoisotopic (exact) mass is 421 g/mol. The largest absolute Gasteiger partial charge is 0.340 e. The summed E-state index contributed by atoms with van der Waals surface area (Å²) >= 11 is 0. The summed E-state index contributed by atoms with van der Waals surface area (Å²) in [6.07, 6.45) is 6.68. The van der Waals surface area contributed by atoms with Crippen molar-refractivity contribution in [3.8, 4) is 0 Å². The van der Waals surface area contributed by atoms with Gasteiger partial charge in [-0.05, 0) is 31.0 Å². The van der Waals surface area contributed by atoms with Gasteiger partial charge < -0.3 is 9.80 Å². The molecule has 3 rings (SSSR count). The fourth-order valence-corrected chi connectivity index (χ4v) is 5.67. The normalized spacial score (nSPS) is 19.6. The van der Waals surface area contributed by atoms with E-state index >= 15 is 0 Å². The van der Waals surface area contributed by atoms with Crippen LogP contribution in [-0.4, -0.2) is 73.6 Å². The molecule has 29 heavy (non-hydrogen) atoms. The van der Waals surface area contributed by atoms with Crippen LogP contribution in [0.25, 0.3) is 0 Å². The van der Waals surface area contributed by atoms with Crippen LogP contribution in [0.5, 0.6) is 0 Å². The van der Waals surface area contributed by atoms with Crippen molar-refractivity contribution in [1.29, 1.82) is 0 Å². The lowest BCUT2D eigenvalue weighted by molar-refractivity contribution is -0.129. The molecular weight excluding hydrogens is 390 g/mol. The first-order valence-corrected chi connectivity index (χ1v) is 11.9. The second-order valence-electron chi connectivity index (χ2n) is 8.00. The first kappa shape index (κ1) is 21.8. The molecule has 1 aromatic carbocycles. The van der Waals surface area contributed by atoms with Crippen molar-refractivity contribution in [3.05, 3.63) is 29.8 Å². The van der Waals surface area contributed by atoms with Gasteiger partial charge in [-0.1, -0.05) is 31.7 Å². The first-order chi connectivity index (χ1) is 13.8. The van der Waals surface area contributed by atoms with Crippen LogP contribution in [0.2, 0.25) is 0 Å². The number of benzene rings is 1. The summed E-state index contributed by atoms with van der Waals surface area (Å²) in [4.78, 5) is 28.0. The molecule has 7 nitrogen and oxygen atoms in total. The predicted octanol–water partition coefficient (Wildman–Crippen LogP) is 2.33. The smallest absolute Gasteiger partial charge is 0.253 e. The van der Waals surface area contributed by atoms with E-state index in [1.165, 1.54) is 36.2 Å². The molecule has 8 heteroatoms. The van der Waals surface area contributed by atoms with Crippen molar-refractivity contribution in [2.45, 2.75) is 56.4 Å². The Hall–Kier alpha value is -1.93. The number of carbonyl (C=O) groups excluding carboxylic acids is 2. The first-order valence-electron chi connectivity index (χ1n) is 10.4. The molecule has 0 unspecified atom stereocenters. The number of sulfonamides is 1.